The Morgan fingerprint density at radius 1 is 1.23 bits per heavy atom. The van der Waals surface area contributed by atoms with Gasteiger partial charge in [0.05, 0.1) is 26.1 Å². The molecule has 1 N–H and O–H groups in total. The van der Waals surface area contributed by atoms with Gasteiger partial charge in [0.15, 0.2) is 0 Å². The van der Waals surface area contributed by atoms with Crippen molar-refractivity contribution in [2.75, 3.05) is 26.2 Å². The van der Waals surface area contributed by atoms with Crippen molar-refractivity contribution in [2.24, 2.45) is 11.8 Å². The average molecular weight is 356 g/mol. The first-order valence-corrected chi connectivity index (χ1v) is 9.76. The van der Waals surface area contributed by atoms with E-state index in [4.69, 9.17) is 4.74 Å². The maximum Gasteiger partial charge on any atom is 0.227 e. The molecule has 1 spiro atoms. The number of amides is 2. The molecule has 26 heavy (non-hydrogen) atoms. The molecule has 2 amide bonds. The van der Waals surface area contributed by atoms with Gasteiger partial charge < -0.3 is 15.0 Å². The zero-order valence-electron chi connectivity index (χ0n) is 15.5. The van der Waals surface area contributed by atoms with Crippen LogP contribution in [-0.2, 0) is 20.7 Å². The van der Waals surface area contributed by atoms with E-state index in [1.54, 1.807) is 0 Å². The Kier molecular flexibility index (Phi) is 4.74. The Morgan fingerprint density at radius 3 is 2.73 bits per heavy atom. The van der Waals surface area contributed by atoms with E-state index in [0.29, 0.717) is 38.5 Å². The van der Waals surface area contributed by atoms with Crippen LogP contribution in [0.3, 0.4) is 0 Å². The van der Waals surface area contributed by atoms with Crippen LogP contribution >= 0.6 is 0 Å². The van der Waals surface area contributed by atoms with Gasteiger partial charge in [0.1, 0.15) is 5.60 Å². The van der Waals surface area contributed by atoms with Gasteiger partial charge in [0.2, 0.25) is 11.8 Å². The molecule has 1 aromatic rings. The number of carbonyl (C=O) groups is 2. The van der Waals surface area contributed by atoms with E-state index in [0.717, 1.165) is 24.1 Å². The van der Waals surface area contributed by atoms with E-state index in [2.05, 4.69) is 5.32 Å². The van der Waals surface area contributed by atoms with Gasteiger partial charge in [0.25, 0.3) is 0 Å². The van der Waals surface area contributed by atoms with Crippen molar-refractivity contribution in [3.63, 3.8) is 0 Å². The lowest BCUT2D eigenvalue weighted by molar-refractivity contribution is -0.157. The molecular weight excluding hydrogens is 328 g/mol. The molecular formula is C21H28N2O3. The van der Waals surface area contributed by atoms with Crippen molar-refractivity contribution in [1.29, 1.82) is 0 Å². The third-order valence-electron chi connectivity index (χ3n) is 5.96. The summed E-state index contributed by atoms with van der Waals surface area (Å²) in [4.78, 5) is 26.4. The zero-order chi connectivity index (χ0) is 18.1. The number of ether oxygens (including phenoxy) is 1. The smallest absolute Gasteiger partial charge is 0.227 e. The Morgan fingerprint density at radius 2 is 2.00 bits per heavy atom. The monoisotopic (exact) mass is 356 g/mol. The molecule has 1 aromatic carbocycles. The number of nitrogens with one attached hydrogen (secondary N) is 1. The van der Waals surface area contributed by atoms with Gasteiger partial charge in [-0.3, -0.25) is 9.59 Å². The number of nitrogens with zero attached hydrogens (tertiary/aromatic N) is 1. The van der Waals surface area contributed by atoms with Crippen LogP contribution in [0.4, 0.5) is 0 Å². The van der Waals surface area contributed by atoms with Crippen molar-refractivity contribution >= 4 is 11.8 Å². The number of rotatable bonds is 6. The minimum atomic E-state index is -0.206. The summed E-state index contributed by atoms with van der Waals surface area (Å²) < 4.78 is 6.01. The van der Waals surface area contributed by atoms with Gasteiger partial charge in [-0.1, -0.05) is 24.3 Å². The summed E-state index contributed by atoms with van der Waals surface area (Å²) in [5, 5.41) is 3.04. The molecule has 4 rings (SSSR count). The zero-order valence-corrected chi connectivity index (χ0v) is 15.5. The molecule has 2 saturated heterocycles. The average Bonchev–Trinajstić information content (AvgIpc) is 3.32. The highest BCUT2D eigenvalue weighted by molar-refractivity contribution is 5.80. The Labute approximate surface area is 155 Å². The first kappa shape index (κ1) is 17.5. The minimum Gasteiger partial charge on any atom is -0.371 e. The highest BCUT2D eigenvalue weighted by atomic mass is 16.5. The summed E-state index contributed by atoms with van der Waals surface area (Å²) in [7, 11) is 0. The van der Waals surface area contributed by atoms with Gasteiger partial charge in [-0.25, -0.2) is 0 Å². The second-order valence-corrected chi connectivity index (χ2v) is 8.37. The van der Waals surface area contributed by atoms with Gasteiger partial charge in [-0.15, -0.1) is 0 Å². The van der Waals surface area contributed by atoms with Crippen LogP contribution < -0.4 is 5.32 Å². The molecule has 0 bridgehead atoms. The summed E-state index contributed by atoms with van der Waals surface area (Å²) >= 11 is 0. The molecule has 1 atom stereocenters. The lowest BCUT2D eigenvalue weighted by Gasteiger charge is -2.47. The number of likely N-dealkylation sites (tertiary alicyclic amines) is 1. The van der Waals surface area contributed by atoms with Crippen molar-refractivity contribution in [1.82, 2.24) is 10.2 Å². The van der Waals surface area contributed by atoms with Gasteiger partial charge in [0, 0.05) is 13.0 Å². The summed E-state index contributed by atoms with van der Waals surface area (Å²) in [6.07, 6.45) is 4.39. The van der Waals surface area contributed by atoms with Crippen LogP contribution in [0.25, 0.3) is 0 Å². The molecule has 1 unspecified atom stereocenters. The first-order valence-electron chi connectivity index (χ1n) is 9.76. The van der Waals surface area contributed by atoms with Gasteiger partial charge >= 0.3 is 0 Å². The number of aryl methyl sites for hydroxylation is 1. The third kappa shape index (κ3) is 3.93. The van der Waals surface area contributed by atoms with Crippen LogP contribution in [0.15, 0.2) is 24.3 Å². The van der Waals surface area contributed by atoms with Gasteiger partial charge in [-0.05, 0) is 49.1 Å². The first-order chi connectivity index (χ1) is 12.5. The van der Waals surface area contributed by atoms with Crippen LogP contribution in [0.2, 0.25) is 0 Å². The molecule has 1 saturated carbocycles. The van der Waals surface area contributed by atoms with E-state index in [1.165, 1.54) is 12.8 Å². The maximum absolute atomic E-state index is 12.5. The highest BCUT2D eigenvalue weighted by Gasteiger charge is 2.51. The van der Waals surface area contributed by atoms with E-state index < -0.39 is 0 Å². The van der Waals surface area contributed by atoms with Crippen molar-refractivity contribution in [3.8, 4) is 0 Å². The number of carbonyl (C=O) groups excluding carboxylic acids is 2. The lowest BCUT2D eigenvalue weighted by Crippen LogP contribution is -2.63. The van der Waals surface area contributed by atoms with E-state index in [9.17, 15) is 9.59 Å². The Hall–Kier alpha value is -1.88. The summed E-state index contributed by atoms with van der Waals surface area (Å²) in [6, 6.07) is 8.03. The summed E-state index contributed by atoms with van der Waals surface area (Å²) in [5.41, 5.74) is 2.05. The van der Waals surface area contributed by atoms with Gasteiger partial charge in [-0.2, -0.15) is 0 Å². The summed E-state index contributed by atoms with van der Waals surface area (Å²) in [5.74, 6) is 1.31. The number of hydrogen-bond donors (Lipinski definition) is 1. The van der Waals surface area contributed by atoms with Crippen LogP contribution in [-0.4, -0.2) is 48.6 Å². The largest absolute Gasteiger partial charge is 0.371 e. The molecule has 2 aliphatic heterocycles. The van der Waals surface area contributed by atoms with Crippen LogP contribution in [0.5, 0.6) is 0 Å². The minimum absolute atomic E-state index is 0.148. The van der Waals surface area contributed by atoms with Crippen molar-refractivity contribution in [2.45, 2.75) is 44.6 Å². The molecule has 0 aromatic heterocycles. The predicted molar refractivity (Wildman–Crippen MR) is 98.6 cm³/mol. The molecule has 0 radical (unpaired) electrons. The molecule has 3 fully saturated rings. The molecule has 1 aliphatic carbocycles. The van der Waals surface area contributed by atoms with E-state index in [1.807, 2.05) is 36.1 Å². The van der Waals surface area contributed by atoms with Crippen LogP contribution in [0, 0.1) is 18.8 Å². The maximum atomic E-state index is 12.5. The molecule has 5 heteroatoms. The third-order valence-corrected chi connectivity index (χ3v) is 5.96. The standard InChI is InChI=1S/C21H28N2O3/c1-15-4-2-3-5-18(15)9-20(25)23-13-21(14-23)10-17(12-26-21)8-19(24)22-11-16-6-7-16/h2-5,16-17H,6-14H2,1H3,(H,22,24). The molecule has 5 nitrogen and oxygen atoms in total. The number of hydrogen-bond acceptors (Lipinski definition) is 3. The Balaban J connectivity index is 1.22. The van der Waals surface area contributed by atoms with E-state index in [-0.39, 0.29) is 23.3 Å². The lowest BCUT2D eigenvalue weighted by atomic mass is 9.85. The SMILES string of the molecule is Cc1ccccc1CC(=O)N1CC2(CC(CC(=O)NCC3CC3)CO2)C1. The van der Waals surface area contributed by atoms with Crippen molar-refractivity contribution in [3.05, 3.63) is 35.4 Å². The fourth-order valence-corrected chi connectivity index (χ4v) is 4.11. The molecule has 140 valence electrons. The predicted octanol–water partition coefficient (Wildman–Crippen LogP) is 2.07. The fraction of sp³-hybridized carbons (Fsp3) is 0.619. The topological polar surface area (TPSA) is 58.6 Å². The fourth-order valence-electron chi connectivity index (χ4n) is 4.11. The second kappa shape index (κ2) is 7.03. The second-order valence-electron chi connectivity index (χ2n) is 8.37. The van der Waals surface area contributed by atoms with E-state index >= 15 is 0 Å². The Bertz CT molecular complexity index is 692. The summed E-state index contributed by atoms with van der Waals surface area (Å²) in [6.45, 7) is 4.84. The molecule has 2 heterocycles. The normalized spacial score (nSPS) is 23.7. The van der Waals surface area contributed by atoms with Crippen molar-refractivity contribution < 1.29 is 14.3 Å². The van der Waals surface area contributed by atoms with Crippen LogP contribution in [0.1, 0.15) is 36.8 Å². The highest BCUT2D eigenvalue weighted by Crippen LogP contribution is 2.39. The molecule has 3 aliphatic rings. The number of benzene rings is 1. The quantitative estimate of drug-likeness (QED) is 0.849.